The number of methoxy groups -OCH3 is 2. The molecule has 5 nitrogen and oxygen atoms in total. The third-order valence-electron chi connectivity index (χ3n) is 5.12. The van der Waals surface area contributed by atoms with Gasteiger partial charge in [-0.25, -0.2) is 8.42 Å². The minimum atomic E-state index is -3.59. The highest BCUT2D eigenvalue weighted by atomic mass is 35.5. The fraction of sp³-hybridized carbons (Fsp3) is 0.368. The van der Waals surface area contributed by atoms with Gasteiger partial charge in [-0.2, -0.15) is 0 Å². The summed E-state index contributed by atoms with van der Waals surface area (Å²) in [5.74, 6) is 0.482. The van der Waals surface area contributed by atoms with E-state index in [-0.39, 0.29) is 24.0 Å². The van der Waals surface area contributed by atoms with Gasteiger partial charge in [0.2, 0.25) is 0 Å². The van der Waals surface area contributed by atoms with Gasteiger partial charge in [0.15, 0.2) is 9.84 Å². The quantitative estimate of drug-likeness (QED) is 0.779. The van der Waals surface area contributed by atoms with Gasteiger partial charge in [-0.15, -0.1) is 0 Å². The van der Waals surface area contributed by atoms with E-state index in [9.17, 15) is 8.42 Å². The fourth-order valence-corrected chi connectivity index (χ4v) is 6.34. The molecule has 0 saturated heterocycles. The van der Waals surface area contributed by atoms with E-state index < -0.39 is 20.5 Å². The molecule has 3 atom stereocenters. The zero-order valence-electron chi connectivity index (χ0n) is 14.7. The molecule has 7 heteroatoms. The summed E-state index contributed by atoms with van der Waals surface area (Å²) in [5.41, 5.74) is 6.30. The molecule has 1 aliphatic carbocycles. The van der Waals surface area contributed by atoms with Gasteiger partial charge < -0.3 is 15.2 Å². The molecule has 3 rings (SSSR count). The average molecular weight is 396 g/mol. The number of nitrogens with two attached hydrogens (primary N) is 1. The number of hydrogen-bond donors (Lipinski definition) is 1. The molecule has 2 aromatic carbocycles. The van der Waals surface area contributed by atoms with Crippen LogP contribution in [0.1, 0.15) is 11.5 Å². The lowest BCUT2D eigenvalue weighted by atomic mass is 10.00. The van der Waals surface area contributed by atoms with Crippen LogP contribution >= 0.6 is 11.6 Å². The van der Waals surface area contributed by atoms with Gasteiger partial charge in [0, 0.05) is 30.0 Å². The van der Waals surface area contributed by atoms with E-state index in [1.165, 1.54) is 12.1 Å². The van der Waals surface area contributed by atoms with E-state index in [4.69, 9.17) is 26.8 Å². The Hall–Kier alpha value is -1.60. The molecule has 140 valence electrons. The molecule has 1 aliphatic rings. The van der Waals surface area contributed by atoms with Gasteiger partial charge in [0.05, 0.1) is 23.9 Å². The number of halogens is 1. The molecule has 0 aromatic heterocycles. The normalized spacial score (nSPS) is 25.1. The molecule has 1 saturated carbocycles. The third-order valence-corrected chi connectivity index (χ3v) is 7.72. The summed E-state index contributed by atoms with van der Waals surface area (Å²) >= 11 is 5.90. The van der Waals surface area contributed by atoms with Crippen LogP contribution in [0.25, 0.3) is 0 Å². The first-order valence-corrected chi connectivity index (χ1v) is 10.2. The Balaban J connectivity index is 2.03. The van der Waals surface area contributed by atoms with E-state index in [2.05, 4.69) is 0 Å². The Morgan fingerprint density at radius 2 is 1.69 bits per heavy atom. The van der Waals surface area contributed by atoms with E-state index in [1.54, 1.807) is 26.4 Å². The second-order valence-electron chi connectivity index (χ2n) is 6.54. The Labute approximate surface area is 159 Å². The van der Waals surface area contributed by atoms with Gasteiger partial charge >= 0.3 is 0 Å². The van der Waals surface area contributed by atoms with Crippen molar-refractivity contribution >= 4 is 21.4 Å². The van der Waals surface area contributed by atoms with E-state index in [0.717, 1.165) is 11.3 Å². The summed E-state index contributed by atoms with van der Waals surface area (Å²) in [6.45, 7) is 0.493. The maximum absolute atomic E-state index is 13.3. The molecule has 3 unspecified atom stereocenters. The molecule has 26 heavy (non-hydrogen) atoms. The van der Waals surface area contributed by atoms with Crippen LogP contribution in [0.2, 0.25) is 5.02 Å². The topological polar surface area (TPSA) is 78.6 Å². The summed E-state index contributed by atoms with van der Waals surface area (Å²) in [5, 5.41) is -0.150. The van der Waals surface area contributed by atoms with Gasteiger partial charge in [0.1, 0.15) is 5.75 Å². The van der Waals surface area contributed by atoms with E-state index in [1.807, 2.05) is 24.3 Å². The highest BCUT2D eigenvalue weighted by Gasteiger charge is 2.70. The van der Waals surface area contributed by atoms with Gasteiger partial charge in [-0.3, -0.25) is 0 Å². The van der Waals surface area contributed by atoms with Crippen molar-refractivity contribution < 1.29 is 17.9 Å². The minimum absolute atomic E-state index is 0.217. The molecule has 0 aliphatic heterocycles. The van der Waals surface area contributed by atoms with Crippen LogP contribution in [-0.4, -0.2) is 41.0 Å². The lowest BCUT2D eigenvalue weighted by Crippen LogP contribution is -2.28. The van der Waals surface area contributed by atoms with Crippen LogP contribution in [0.4, 0.5) is 0 Å². The third kappa shape index (κ3) is 3.11. The van der Waals surface area contributed by atoms with Crippen molar-refractivity contribution in [2.75, 3.05) is 27.4 Å². The van der Waals surface area contributed by atoms with Crippen LogP contribution < -0.4 is 10.5 Å². The van der Waals surface area contributed by atoms with Gasteiger partial charge in [-0.05, 0) is 42.0 Å². The summed E-state index contributed by atoms with van der Waals surface area (Å²) < 4.78 is 37.1. The predicted octanol–water partition coefficient (Wildman–Crippen LogP) is 2.88. The second kappa shape index (κ2) is 7.19. The van der Waals surface area contributed by atoms with Crippen LogP contribution in [0.3, 0.4) is 0 Å². The van der Waals surface area contributed by atoms with Crippen molar-refractivity contribution in [1.29, 1.82) is 0 Å². The van der Waals surface area contributed by atoms with Crippen LogP contribution in [0.5, 0.6) is 5.75 Å². The highest BCUT2D eigenvalue weighted by molar-refractivity contribution is 7.92. The first-order valence-electron chi connectivity index (χ1n) is 8.23. The smallest absolute Gasteiger partial charge is 0.182 e. The standard InChI is InChI=1S/C19H22ClNO4S/c1-24-12-19(11-21)17(13-3-7-15(25-2)8-4-13)18(19)26(22,23)16-9-5-14(20)6-10-16/h3-10,17-18H,11-12,21H2,1-2H3. The number of ether oxygens (including phenoxy) is 2. The van der Waals surface area contributed by atoms with Gasteiger partial charge in [0.25, 0.3) is 0 Å². The van der Waals surface area contributed by atoms with Crippen molar-refractivity contribution in [2.45, 2.75) is 16.1 Å². The minimum Gasteiger partial charge on any atom is -0.497 e. The molecular weight excluding hydrogens is 374 g/mol. The zero-order chi connectivity index (χ0) is 18.9. The predicted molar refractivity (Wildman–Crippen MR) is 102 cm³/mol. The summed E-state index contributed by atoms with van der Waals surface area (Å²) in [4.78, 5) is 0.247. The number of rotatable bonds is 7. The van der Waals surface area contributed by atoms with Crippen LogP contribution in [0, 0.1) is 5.41 Å². The Kier molecular flexibility index (Phi) is 5.30. The van der Waals surface area contributed by atoms with Crippen molar-refractivity contribution in [1.82, 2.24) is 0 Å². The monoisotopic (exact) mass is 395 g/mol. The maximum atomic E-state index is 13.3. The summed E-state index contributed by atoms with van der Waals surface area (Å²) in [7, 11) is -0.433. The molecule has 0 heterocycles. The molecule has 2 aromatic rings. The van der Waals surface area contributed by atoms with Crippen LogP contribution in [-0.2, 0) is 14.6 Å². The first-order chi connectivity index (χ1) is 12.4. The molecule has 2 N–H and O–H groups in total. The van der Waals surface area contributed by atoms with Gasteiger partial charge in [-0.1, -0.05) is 23.7 Å². The number of sulfone groups is 1. The Morgan fingerprint density at radius 1 is 1.08 bits per heavy atom. The Morgan fingerprint density at radius 3 is 2.19 bits per heavy atom. The average Bonchev–Trinajstić information content (AvgIpc) is 3.32. The fourth-order valence-electron chi connectivity index (χ4n) is 3.77. The van der Waals surface area contributed by atoms with E-state index >= 15 is 0 Å². The lowest BCUT2D eigenvalue weighted by molar-refractivity contribution is 0.142. The zero-order valence-corrected chi connectivity index (χ0v) is 16.3. The summed E-state index contributed by atoms with van der Waals surface area (Å²) in [6.07, 6.45) is 0. The van der Waals surface area contributed by atoms with Crippen LogP contribution in [0.15, 0.2) is 53.4 Å². The lowest BCUT2D eigenvalue weighted by Gasteiger charge is -2.15. The summed E-state index contributed by atoms with van der Waals surface area (Å²) in [6, 6.07) is 13.7. The van der Waals surface area contributed by atoms with Crippen molar-refractivity contribution in [2.24, 2.45) is 11.1 Å². The second-order valence-corrected chi connectivity index (χ2v) is 9.05. The van der Waals surface area contributed by atoms with Crippen molar-refractivity contribution in [3.8, 4) is 5.75 Å². The molecule has 0 radical (unpaired) electrons. The van der Waals surface area contributed by atoms with Crippen molar-refractivity contribution in [3.63, 3.8) is 0 Å². The Bertz CT molecular complexity index is 867. The number of hydrogen-bond acceptors (Lipinski definition) is 5. The molecule has 1 fully saturated rings. The first kappa shape index (κ1) is 19.2. The van der Waals surface area contributed by atoms with E-state index in [0.29, 0.717) is 5.02 Å². The molecule has 0 amide bonds. The highest BCUT2D eigenvalue weighted by Crippen LogP contribution is 2.63. The number of benzene rings is 2. The SMILES string of the molecule is COCC1(CN)C(c2ccc(OC)cc2)C1S(=O)(=O)c1ccc(Cl)cc1. The van der Waals surface area contributed by atoms with Crippen molar-refractivity contribution in [3.05, 3.63) is 59.1 Å². The molecular formula is C19H22ClNO4S. The molecule has 0 bridgehead atoms. The molecule has 0 spiro atoms. The maximum Gasteiger partial charge on any atom is 0.182 e. The largest absolute Gasteiger partial charge is 0.497 e.